The summed E-state index contributed by atoms with van der Waals surface area (Å²) in [7, 11) is -0.568. The van der Waals surface area contributed by atoms with E-state index in [1.807, 2.05) is 31.2 Å². The first kappa shape index (κ1) is 19.0. The first-order chi connectivity index (χ1) is 11.8. The molecule has 0 unspecified atom stereocenters. The van der Waals surface area contributed by atoms with Gasteiger partial charge in [-0.2, -0.15) is 0 Å². The number of hydrogen-bond donors (Lipinski definition) is 1. The van der Waals surface area contributed by atoms with Crippen LogP contribution >= 0.6 is 0 Å². The lowest BCUT2D eigenvalue weighted by molar-refractivity contribution is 0.0947. The van der Waals surface area contributed by atoms with E-state index in [-0.39, 0.29) is 10.8 Å². The summed E-state index contributed by atoms with van der Waals surface area (Å²) in [5.74, 6) is 0.481. The van der Waals surface area contributed by atoms with E-state index < -0.39 is 10.0 Å². The van der Waals surface area contributed by atoms with Crippen molar-refractivity contribution in [3.05, 3.63) is 59.7 Å². The average Bonchev–Trinajstić information content (AvgIpc) is 2.58. The van der Waals surface area contributed by atoms with Crippen LogP contribution < -0.4 is 10.1 Å². The molecule has 0 saturated carbocycles. The molecule has 0 aromatic heterocycles. The third kappa shape index (κ3) is 5.04. The lowest BCUT2D eigenvalue weighted by Crippen LogP contribution is -2.28. The van der Waals surface area contributed by atoms with Crippen LogP contribution in [0.15, 0.2) is 53.4 Å². The van der Waals surface area contributed by atoms with Gasteiger partial charge in [-0.3, -0.25) is 4.79 Å². The van der Waals surface area contributed by atoms with Crippen molar-refractivity contribution in [2.75, 3.05) is 27.2 Å². The quantitative estimate of drug-likeness (QED) is 0.765. The topological polar surface area (TPSA) is 75.7 Å². The molecule has 134 valence electrons. The number of nitrogens with zero attached hydrogens (tertiary/aromatic N) is 1. The van der Waals surface area contributed by atoms with Crippen molar-refractivity contribution in [2.24, 2.45) is 0 Å². The summed E-state index contributed by atoms with van der Waals surface area (Å²) in [6, 6.07) is 13.5. The molecule has 2 rings (SSSR count). The van der Waals surface area contributed by atoms with E-state index >= 15 is 0 Å². The molecular weight excluding hydrogens is 340 g/mol. The van der Waals surface area contributed by atoms with Gasteiger partial charge in [0.15, 0.2) is 0 Å². The fraction of sp³-hybridized carbons (Fsp3) is 0.278. The number of carbonyl (C=O) groups is 1. The molecule has 0 aliphatic rings. The minimum Gasteiger partial charge on any atom is -0.492 e. The molecule has 25 heavy (non-hydrogen) atoms. The van der Waals surface area contributed by atoms with Crippen LogP contribution in [0.4, 0.5) is 0 Å². The van der Waals surface area contributed by atoms with Crippen molar-refractivity contribution >= 4 is 15.9 Å². The Kier molecular flexibility index (Phi) is 6.17. The van der Waals surface area contributed by atoms with Crippen molar-refractivity contribution in [1.82, 2.24) is 9.62 Å². The van der Waals surface area contributed by atoms with Gasteiger partial charge < -0.3 is 10.1 Å². The third-order valence-electron chi connectivity index (χ3n) is 3.54. The van der Waals surface area contributed by atoms with Gasteiger partial charge >= 0.3 is 0 Å². The zero-order valence-corrected chi connectivity index (χ0v) is 15.3. The van der Waals surface area contributed by atoms with Gasteiger partial charge in [-0.15, -0.1) is 0 Å². The third-order valence-corrected chi connectivity index (χ3v) is 5.37. The normalized spacial score (nSPS) is 11.4. The zero-order chi connectivity index (χ0) is 18.4. The molecule has 0 bridgehead atoms. The maximum Gasteiger partial charge on any atom is 0.251 e. The molecule has 0 heterocycles. The van der Waals surface area contributed by atoms with E-state index in [1.54, 1.807) is 0 Å². The van der Waals surface area contributed by atoms with Crippen LogP contribution in [0, 0.1) is 6.92 Å². The van der Waals surface area contributed by atoms with Crippen LogP contribution in [0.1, 0.15) is 15.9 Å². The standard InChI is InChI=1S/C18H22N2O4S/c1-14-5-4-6-16(13-14)24-12-11-19-18(21)15-7-9-17(10-8-15)25(22,23)20(2)3/h4-10,13H,11-12H2,1-3H3,(H,19,21). The molecule has 0 spiro atoms. The second-order valence-electron chi connectivity index (χ2n) is 5.73. The molecule has 0 fully saturated rings. The van der Waals surface area contributed by atoms with E-state index in [4.69, 9.17) is 4.74 Å². The molecule has 1 N–H and O–H groups in total. The number of hydrogen-bond acceptors (Lipinski definition) is 4. The maximum atomic E-state index is 12.1. The lowest BCUT2D eigenvalue weighted by Gasteiger charge is -2.12. The highest BCUT2D eigenvalue weighted by Crippen LogP contribution is 2.14. The van der Waals surface area contributed by atoms with Crippen molar-refractivity contribution < 1.29 is 17.9 Å². The van der Waals surface area contributed by atoms with Crippen LogP contribution in [0.2, 0.25) is 0 Å². The molecule has 7 heteroatoms. The lowest BCUT2D eigenvalue weighted by atomic mass is 10.2. The Hall–Kier alpha value is -2.38. The van der Waals surface area contributed by atoms with Gasteiger partial charge in [0.05, 0.1) is 11.4 Å². The van der Waals surface area contributed by atoms with Gasteiger partial charge in [0.25, 0.3) is 5.91 Å². The van der Waals surface area contributed by atoms with E-state index in [0.717, 1.165) is 15.6 Å². The van der Waals surface area contributed by atoms with Gasteiger partial charge in [0.2, 0.25) is 10.0 Å². The molecule has 0 aliphatic carbocycles. The van der Waals surface area contributed by atoms with Crippen molar-refractivity contribution in [1.29, 1.82) is 0 Å². The van der Waals surface area contributed by atoms with Crippen LogP contribution in [-0.2, 0) is 10.0 Å². The van der Waals surface area contributed by atoms with Gasteiger partial charge in [-0.1, -0.05) is 12.1 Å². The molecule has 2 aromatic rings. The first-order valence-electron chi connectivity index (χ1n) is 7.81. The molecule has 0 radical (unpaired) electrons. The summed E-state index contributed by atoms with van der Waals surface area (Å²) >= 11 is 0. The second kappa shape index (κ2) is 8.13. The molecular formula is C18H22N2O4S. The number of rotatable bonds is 7. The number of carbonyl (C=O) groups excluding carboxylic acids is 1. The number of amides is 1. The number of ether oxygens (including phenoxy) is 1. The summed E-state index contributed by atoms with van der Waals surface area (Å²) in [6.07, 6.45) is 0. The second-order valence-corrected chi connectivity index (χ2v) is 7.88. The Morgan fingerprint density at radius 1 is 1.12 bits per heavy atom. The Labute approximate surface area is 148 Å². The largest absolute Gasteiger partial charge is 0.492 e. The van der Waals surface area contributed by atoms with E-state index in [0.29, 0.717) is 18.7 Å². The highest BCUT2D eigenvalue weighted by molar-refractivity contribution is 7.89. The highest BCUT2D eigenvalue weighted by Gasteiger charge is 2.17. The fourth-order valence-corrected chi connectivity index (χ4v) is 3.03. The molecule has 0 aliphatic heterocycles. The molecule has 0 atom stereocenters. The van der Waals surface area contributed by atoms with Crippen LogP contribution in [0.5, 0.6) is 5.75 Å². The summed E-state index contributed by atoms with van der Waals surface area (Å²) < 4.78 is 30.7. The zero-order valence-electron chi connectivity index (χ0n) is 14.5. The van der Waals surface area contributed by atoms with Crippen LogP contribution in [0.25, 0.3) is 0 Å². The maximum absolute atomic E-state index is 12.1. The number of aryl methyl sites for hydroxylation is 1. The predicted molar refractivity (Wildman–Crippen MR) is 96.3 cm³/mol. The van der Waals surface area contributed by atoms with Crippen LogP contribution in [-0.4, -0.2) is 45.9 Å². The monoisotopic (exact) mass is 362 g/mol. The Balaban J connectivity index is 1.87. The number of nitrogens with one attached hydrogen (secondary N) is 1. The highest BCUT2D eigenvalue weighted by atomic mass is 32.2. The summed E-state index contributed by atoms with van der Waals surface area (Å²) in [5.41, 5.74) is 1.50. The average molecular weight is 362 g/mol. The van der Waals surface area contributed by atoms with E-state index in [9.17, 15) is 13.2 Å². The van der Waals surface area contributed by atoms with Gasteiger partial charge in [0.1, 0.15) is 12.4 Å². The molecule has 2 aromatic carbocycles. The number of sulfonamides is 1. The Bertz CT molecular complexity index is 830. The smallest absolute Gasteiger partial charge is 0.251 e. The van der Waals surface area contributed by atoms with Gasteiger partial charge in [-0.05, 0) is 48.9 Å². The summed E-state index contributed by atoms with van der Waals surface area (Å²) in [4.78, 5) is 12.2. The Morgan fingerprint density at radius 2 is 1.80 bits per heavy atom. The van der Waals surface area contributed by atoms with Crippen molar-refractivity contribution in [2.45, 2.75) is 11.8 Å². The fourth-order valence-electron chi connectivity index (χ4n) is 2.13. The molecule has 6 nitrogen and oxygen atoms in total. The minimum atomic E-state index is -3.49. The first-order valence-corrected chi connectivity index (χ1v) is 9.25. The number of benzene rings is 2. The van der Waals surface area contributed by atoms with Crippen LogP contribution in [0.3, 0.4) is 0 Å². The predicted octanol–water partition coefficient (Wildman–Crippen LogP) is 2.05. The summed E-state index contributed by atoms with van der Waals surface area (Å²) in [6.45, 7) is 2.68. The van der Waals surface area contributed by atoms with Gasteiger partial charge in [-0.25, -0.2) is 12.7 Å². The Morgan fingerprint density at radius 3 is 2.40 bits per heavy atom. The van der Waals surface area contributed by atoms with Crippen molar-refractivity contribution in [3.63, 3.8) is 0 Å². The molecule has 0 saturated heterocycles. The summed E-state index contributed by atoms with van der Waals surface area (Å²) in [5, 5.41) is 2.74. The molecule has 1 amide bonds. The van der Waals surface area contributed by atoms with E-state index in [1.165, 1.54) is 38.4 Å². The minimum absolute atomic E-state index is 0.150. The van der Waals surface area contributed by atoms with E-state index in [2.05, 4.69) is 5.32 Å². The van der Waals surface area contributed by atoms with Gasteiger partial charge in [0, 0.05) is 19.7 Å². The van der Waals surface area contributed by atoms with Crippen molar-refractivity contribution in [3.8, 4) is 5.75 Å². The SMILES string of the molecule is Cc1cccc(OCCNC(=O)c2ccc(S(=O)(=O)N(C)C)cc2)c1.